The van der Waals surface area contributed by atoms with Crippen LogP contribution < -0.4 is 9.64 Å². The molecule has 1 aromatic heterocycles. The number of aliphatic hydroxyl groups excluding tert-OH is 1. The summed E-state index contributed by atoms with van der Waals surface area (Å²) in [6.07, 6.45) is -2.65. The number of aromatic nitrogens is 1. The van der Waals surface area contributed by atoms with Crippen LogP contribution in [0.1, 0.15) is 18.4 Å². The predicted octanol–water partition coefficient (Wildman–Crippen LogP) is 1.82. The normalized spacial score (nSPS) is 26.4. The quantitative estimate of drug-likeness (QED) is 0.784. The lowest BCUT2D eigenvalue weighted by Gasteiger charge is -2.42. The fourth-order valence-corrected chi connectivity index (χ4v) is 2.54. The summed E-state index contributed by atoms with van der Waals surface area (Å²) in [5, 5.41) is 9.67. The van der Waals surface area contributed by atoms with Gasteiger partial charge in [-0.3, -0.25) is 0 Å². The second-order valence-electron chi connectivity index (χ2n) is 4.89. The van der Waals surface area contributed by atoms with Crippen LogP contribution in [0.15, 0.2) is 12.3 Å². The van der Waals surface area contributed by atoms with Crippen molar-refractivity contribution < 1.29 is 23.0 Å². The van der Waals surface area contributed by atoms with Gasteiger partial charge in [0, 0.05) is 12.7 Å². The minimum absolute atomic E-state index is 0.0835. The van der Waals surface area contributed by atoms with Crippen LogP contribution in [0.5, 0.6) is 5.75 Å². The van der Waals surface area contributed by atoms with E-state index in [1.54, 1.807) is 0 Å². The number of hydrogen-bond acceptors (Lipinski definition) is 4. The van der Waals surface area contributed by atoms with E-state index < -0.39 is 17.8 Å². The van der Waals surface area contributed by atoms with Gasteiger partial charge in [-0.25, -0.2) is 4.98 Å². The zero-order valence-corrected chi connectivity index (χ0v) is 10.0. The van der Waals surface area contributed by atoms with E-state index in [1.807, 2.05) is 4.90 Å². The molecule has 4 nitrogen and oxygen atoms in total. The fraction of sp³-hybridized carbons (Fsp3) is 0.583. The van der Waals surface area contributed by atoms with Crippen molar-refractivity contribution in [2.24, 2.45) is 0 Å². The minimum Gasteiger partial charge on any atom is -0.488 e. The van der Waals surface area contributed by atoms with Gasteiger partial charge in [0.05, 0.1) is 17.7 Å². The van der Waals surface area contributed by atoms with Gasteiger partial charge in [-0.15, -0.1) is 0 Å². The number of nitrogens with zero attached hydrogens (tertiary/aromatic N) is 2. The molecule has 3 heterocycles. The Morgan fingerprint density at radius 1 is 1.37 bits per heavy atom. The van der Waals surface area contributed by atoms with Gasteiger partial charge in [-0.1, -0.05) is 0 Å². The van der Waals surface area contributed by atoms with Gasteiger partial charge in [-0.05, 0) is 18.9 Å². The van der Waals surface area contributed by atoms with Crippen molar-refractivity contribution >= 4 is 5.82 Å². The molecule has 0 spiro atoms. The van der Waals surface area contributed by atoms with Crippen LogP contribution in [0.4, 0.5) is 19.0 Å². The van der Waals surface area contributed by atoms with Crippen molar-refractivity contribution in [3.05, 3.63) is 17.8 Å². The highest BCUT2D eigenvalue weighted by atomic mass is 19.4. The Hall–Kier alpha value is -1.50. The molecule has 19 heavy (non-hydrogen) atoms. The molecule has 0 aromatic carbocycles. The van der Waals surface area contributed by atoms with Gasteiger partial charge in [0.2, 0.25) is 0 Å². The molecule has 0 saturated carbocycles. The summed E-state index contributed by atoms with van der Waals surface area (Å²) in [4.78, 5) is 5.71. The smallest absolute Gasteiger partial charge is 0.418 e. The molecular weight excluding hydrogens is 261 g/mol. The third kappa shape index (κ3) is 2.22. The molecule has 3 rings (SSSR count). The average Bonchev–Trinajstić information content (AvgIpc) is 2.36. The molecular formula is C12H13F3N2O2. The van der Waals surface area contributed by atoms with Crippen LogP contribution in [0.2, 0.25) is 0 Å². The molecule has 1 saturated heterocycles. The number of pyridine rings is 1. The van der Waals surface area contributed by atoms with Crippen LogP contribution in [-0.2, 0) is 6.18 Å². The summed E-state index contributed by atoms with van der Waals surface area (Å²) in [6, 6.07) is 1.06. The lowest BCUT2D eigenvalue weighted by molar-refractivity contribution is -0.138. The standard InChI is InChI=1S/C12H13F3N2O2/c13-12(14,15)7-3-10-11(16-4-7)17-5-9(18)2-1-8(17)6-19-10/h3-4,8-9,18H,1-2,5-6H2. The molecule has 0 radical (unpaired) electrons. The van der Waals surface area contributed by atoms with Crippen molar-refractivity contribution in [2.75, 3.05) is 18.1 Å². The van der Waals surface area contributed by atoms with Gasteiger partial charge < -0.3 is 14.7 Å². The van der Waals surface area contributed by atoms with Crippen molar-refractivity contribution in [3.8, 4) is 5.75 Å². The Morgan fingerprint density at radius 3 is 2.89 bits per heavy atom. The summed E-state index contributed by atoms with van der Waals surface area (Å²) in [7, 11) is 0. The van der Waals surface area contributed by atoms with Crippen molar-refractivity contribution in [3.63, 3.8) is 0 Å². The molecule has 104 valence electrons. The van der Waals surface area contributed by atoms with Crippen molar-refractivity contribution in [1.29, 1.82) is 0 Å². The van der Waals surface area contributed by atoms with E-state index >= 15 is 0 Å². The third-order valence-electron chi connectivity index (χ3n) is 3.54. The van der Waals surface area contributed by atoms with Crippen molar-refractivity contribution in [2.45, 2.75) is 31.2 Å². The molecule has 0 amide bonds. The number of hydrogen-bond donors (Lipinski definition) is 1. The molecule has 2 unspecified atom stereocenters. The molecule has 1 fully saturated rings. The Kier molecular flexibility index (Phi) is 2.81. The van der Waals surface area contributed by atoms with E-state index in [1.165, 1.54) is 0 Å². The summed E-state index contributed by atoms with van der Waals surface area (Å²) in [5.74, 6) is 0.531. The van der Waals surface area contributed by atoms with E-state index in [9.17, 15) is 18.3 Å². The Morgan fingerprint density at radius 2 is 2.16 bits per heavy atom. The lowest BCUT2D eigenvalue weighted by atomic mass is 9.99. The highest BCUT2D eigenvalue weighted by Gasteiger charge is 2.37. The number of piperidine rings is 1. The van der Waals surface area contributed by atoms with Gasteiger partial charge in [0.1, 0.15) is 6.61 Å². The lowest BCUT2D eigenvalue weighted by Crippen LogP contribution is -2.51. The highest BCUT2D eigenvalue weighted by molar-refractivity contribution is 5.56. The monoisotopic (exact) mass is 274 g/mol. The second kappa shape index (κ2) is 4.26. The fourth-order valence-electron chi connectivity index (χ4n) is 2.54. The van der Waals surface area contributed by atoms with E-state index in [4.69, 9.17) is 4.74 Å². The van der Waals surface area contributed by atoms with Crippen LogP contribution in [0.25, 0.3) is 0 Å². The molecule has 2 aliphatic rings. The summed E-state index contributed by atoms with van der Waals surface area (Å²) in [5.41, 5.74) is -0.817. The second-order valence-corrected chi connectivity index (χ2v) is 4.89. The van der Waals surface area contributed by atoms with Crippen LogP contribution in [-0.4, -0.2) is 35.4 Å². The first-order valence-corrected chi connectivity index (χ1v) is 6.10. The van der Waals surface area contributed by atoms with Gasteiger partial charge in [0.15, 0.2) is 11.6 Å². The molecule has 1 aromatic rings. The maximum Gasteiger partial charge on any atom is 0.418 e. The molecule has 0 bridgehead atoms. The maximum absolute atomic E-state index is 12.6. The van der Waals surface area contributed by atoms with Crippen LogP contribution in [0.3, 0.4) is 0 Å². The number of aliphatic hydroxyl groups is 1. The molecule has 0 aliphatic carbocycles. The number of fused-ring (bicyclic) bond motifs is 3. The van der Waals surface area contributed by atoms with Crippen molar-refractivity contribution in [1.82, 2.24) is 4.98 Å². The molecule has 2 atom stereocenters. The summed E-state index contributed by atoms with van der Waals surface area (Å²) in [6.45, 7) is 0.724. The largest absolute Gasteiger partial charge is 0.488 e. The topological polar surface area (TPSA) is 45.6 Å². The first kappa shape index (κ1) is 12.5. The van der Waals surface area contributed by atoms with Gasteiger partial charge in [0.25, 0.3) is 0 Å². The SMILES string of the molecule is OC1CCC2COc3cc(C(F)(F)F)cnc3N2C1. The molecule has 1 N–H and O–H groups in total. The predicted molar refractivity (Wildman–Crippen MR) is 61.1 cm³/mol. The highest BCUT2D eigenvalue weighted by Crippen LogP contribution is 2.39. The number of anilines is 1. The Balaban J connectivity index is 1.95. The van der Waals surface area contributed by atoms with E-state index in [2.05, 4.69) is 4.98 Å². The zero-order valence-electron chi connectivity index (χ0n) is 10.0. The van der Waals surface area contributed by atoms with E-state index in [0.717, 1.165) is 18.7 Å². The Bertz CT molecular complexity index is 492. The first-order chi connectivity index (χ1) is 8.95. The number of ether oxygens (including phenoxy) is 1. The van der Waals surface area contributed by atoms with E-state index in [-0.39, 0.29) is 11.8 Å². The van der Waals surface area contributed by atoms with Gasteiger partial charge >= 0.3 is 6.18 Å². The Labute approximate surface area is 107 Å². The van der Waals surface area contributed by atoms with Crippen LogP contribution in [0, 0.1) is 0 Å². The number of alkyl halides is 3. The number of rotatable bonds is 0. The van der Waals surface area contributed by atoms with E-state index in [0.29, 0.717) is 25.4 Å². The molecule has 2 aliphatic heterocycles. The summed E-state index contributed by atoms with van der Waals surface area (Å²) < 4.78 is 43.2. The maximum atomic E-state index is 12.6. The van der Waals surface area contributed by atoms with Crippen LogP contribution >= 0.6 is 0 Å². The minimum atomic E-state index is -4.43. The molecule has 7 heteroatoms. The zero-order chi connectivity index (χ0) is 13.6. The summed E-state index contributed by atoms with van der Waals surface area (Å²) >= 11 is 0. The van der Waals surface area contributed by atoms with Gasteiger partial charge in [-0.2, -0.15) is 13.2 Å². The third-order valence-corrected chi connectivity index (χ3v) is 3.54. The first-order valence-electron chi connectivity index (χ1n) is 6.10. The number of halogens is 3. The average molecular weight is 274 g/mol.